The van der Waals surface area contributed by atoms with Gasteiger partial charge in [-0.1, -0.05) is 49.7 Å². The Morgan fingerprint density at radius 1 is 1.38 bits per heavy atom. The Labute approximate surface area is 104 Å². The highest BCUT2D eigenvalue weighted by atomic mass is 35.5. The van der Waals surface area contributed by atoms with Gasteiger partial charge in [-0.25, -0.2) is 0 Å². The van der Waals surface area contributed by atoms with Crippen LogP contribution < -0.4 is 5.32 Å². The zero-order valence-electron chi connectivity index (χ0n) is 10.0. The Morgan fingerprint density at radius 2 is 2.19 bits per heavy atom. The third-order valence-electron chi connectivity index (χ3n) is 2.20. The molecular weight excluding hydrogens is 218 g/mol. The van der Waals surface area contributed by atoms with Crippen molar-refractivity contribution in [1.82, 2.24) is 5.32 Å². The number of rotatable bonds is 6. The molecule has 0 aliphatic heterocycles. The summed E-state index contributed by atoms with van der Waals surface area (Å²) < 4.78 is 0. The molecule has 0 fully saturated rings. The predicted molar refractivity (Wildman–Crippen MR) is 72.8 cm³/mol. The van der Waals surface area contributed by atoms with Crippen molar-refractivity contribution in [2.75, 3.05) is 13.1 Å². The van der Waals surface area contributed by atoms with E-state index in [2.05, 4.69) is 37.4 Å². The standard InChI is InChI=1S/C14H20ClN/c1-12(2)11-16-9-4-3-6-13-7-5-8-14(15)10-13/h3,5-8,10,12,16H,4,9,11H2,1-2H3. The lowest BCUT2D eigenvalue weighted by molar-refractivity contribution is 0.557. The first-order chi connectivity index (χ1) is 7.68. The van der Waals surface area contributed by atoms with E-state index in [1.54, 1.807) is 0 Å². The molecule has 1 nitrogen and oxygen atoms in total. The highest BCUT2D eigenvalue weighted by Gasteiger charge is 1.91. The monoisotopic (exact) mass is 237 g/mol. The van der Waals surface area contributed by atoms with Gasteiger partial charge in [0.15, 0.2) is 0 Å². The summed E-state index contributed by atoms with van der Waals surface area (Å²) in [5.41, 5.74) is 1.16. The molecule has 0 unspecified atom stereocenters. The van der Waals surface area contributed by atoms with Crippen molar-refractivity contribution in [1.29, 1.82) is 0 Å². The number of hydrogen-bond donors (Lipinski definition) is 1. The van der Waals surface area contributed by atoms with Crippen LogP contribution in [0.5, 0.6) is 0 Å². The summed E-state index contributed by atoms with van der Waals surface area (Å²) in [4.78, 5) is 0. The van der Waals surface area contributed by atoms with Gasteiger partial charge in [-0.3, -0.25) is 0 Å². The highest BCUT2D eigenvalue weighted by molar-refractivity contribution is 6.30. The first-order valence-corrected chi connectivity index (χ1v) is 6.19. The van der Waals surface area contributed by atoms with E-state index in [-0.39, 0.29) is 0 Å². The van der Waals surface area contributed by atoms with E-state index < -0.39 is 0 Å². The Bertz CT molecular complexity index is 331. The lowest BCUT2D eigenvalue weighted by Gasteiger charge is -2.04. The molecule has 0 atom stereocenters. The quantitative estimate of drug-likeness (QED) is 0.738. The molecule has 0 aromatic heterocycles. The summed E-state index contributed by atoms with van der Waals surface area (Å²) in [6, 6.07) is 7.89. The summed E-state index contributed by atoms with van der Waals surface area (Å²) in [6.45, 7) is 6.56. The summed E-state index contributed by atoms with van der Waals surface area (Å²) in [6.07, 6.45) is 5.35. The van der Waals surface area contributed by atoms with Gasteiger partial charge in [-0.2, -0.15) is 0 Å². The van der Waals surface area contributed by atoms with Crippen LogP contribution in [0.1, 0.15) is 25.8 Å². The molecule has 16 heavy (non-hydrogen) atoms. The average Bonchev–Trinajstić information content (AvgIpc) is 2.23. The zero-order valence-corrected chi connectivity index (χ0v) is 10.8. The Hall–Kier alpha value is -0.790. The van der Waals surface area contributed by atoms with Crippen LogP contribution in [0.4, 0.5) is 0 Å². The van der Waals surface area contributed by atoms with Gasteiger partial charge in [0.1, 0.15) is 0 Å². The minimum Gasteiger partial charge on any atom is -0.316 e. The second-order valence-electron chi connectivity index (χ2n) is 4.34. The lowest BCUT2D eigenvalue weighted by atomic mass is 10.2. The van der Waals surface area contributed by atoms with Crippen LogP contribution in [-0.4, -0.2) is 13.1 Å². The maximum absolute atomic E-state index is 5.90. The first kappa shape index (κ1) is 13.3. The third kappa shape index (κ3) is 5.94. The lowest BCUT2D eigenvalue weighted by Crippen LogP contribution is -2.20. The molecule has 1 N–H and O–H groups in total. The van der Waals surface area contributed by atoms with Crippen LogP contribution in [0.2, 0.25) is 5.02 Å². The smallest absolute Gasteiger partial charge is 0.0411 e. The number of benzene rings is 1. The number of halogens is 1. The molecule has 0 aliphatic carbocycles. The van der Waals surface area contributed by atoms with Crippen LogP contribution in [0, 0.1) is 5.92 Å². The molecule has 0 heterocycles. The number of nitrogens with one attached hydrogen (secondary N) is 1. The molecular formula is C14H20ClN. The van der Waals surface area contributed by atoms with E-state index in [4.69, 9.17) is 11.6 Å². The Kier molecular flexibility index (Phi) is 6.20. The molecule has 88 valence electrons. The second-order valence-corrected chi connectivity index (χ2v) is 4.78. The molecule has 2 heteroatoms. The molecule has 1 rings (SSSR count). The van der Waals surface area contributed by atoms with Crippen LogP contribution in [0.3, 0.4) is 0 Å². The van der Waals surface area contributed by atoms with Gasteiger partial charge in [0.25, 0.3) is 0 Å². The van der Waals surface area contributed by atoms with Crippen molar-refractivity contribution >= 4 is 17.7 Å². The fourth-order valence-electron chi connectivity index (χ4n) is 1.41. The van der Waals surface area contributed by atoms with Crippen LogP contribution in [0.15, 0.2) is 30.3 Å². The van der Waals surface area contributed by atoms with E-state index >= 15 is 0 Å². The zero-order chi connectivity index (χ0) is 11.8. The summed E-state index contributed by atoms with van der Waals surface area (Å²) in [5.74, 6) is 0.719. The average molecular weight is 238 g/mol. The van der Waals surface area contributed by atoms with Gasteiger partial charge < -0.3 is 5.32 Å². The van der Waals surface area contributed by atoms with Crippen molar-refractivity contribution in [3.05, 3.63) is 40.9 Å². The first-order valence-electron chi connectivity index (χ1n) is 5.81. The van der Waals surface area contributed by atoms with E-state index in [0.29, 0.717) is 0 Å². The van der Waals surface area contributed by atoms with Crippen molar-refractivity contribution in [2.45, 2.75) is 20.3 Å². The van der Waals surface area contributed by atoms with Gasteiger partial charge in [0.2, 0.25) is 0 Å². The van der Waals surface area contributed by atoms with Gasteiger partial charge in [-0.15, -0.1) is 0 Å². The highest BCUT2D eigenvalue weighted by Crippen LogP contribution is 2.11. The van der Waals surface area contributed by atoms with E-state index in [9.17, 15) is 0 Å². The van der Waals surface area contributed by atoms with E-state index in [0.717, 1.165) is 36.0 Å². The van der Waals surface area contributed by atoms with Crippen LogP contribution in [-0.2, 0) is 0 Å². The van der Waals surface area contributed by atoms with Gasteiger partial charge >= 0.3 is 0 Å². The fourth-order valence-corrected chi connectivity index (χ4v) is 1.60. The molecule has 0 bridgehead atoms. The molecule has 0 amide bonds. The fraction of sp³-hybridized carbons (Fsp3) is 0.429. The minimum atomic E-state index is 0.719. The third-order valence-corrected chi connectivity index (χ3v) is 2.43. The van der Waals surface area contributed by atoms with E-state index in [1.807, 2.05) is 18.2 Å². The van der Waals surface area contributed by atoms with Gasteiger partial charge in [-0.05, 0) is 43.1 Å². The Balaban J connectivity index is 2.22. The largest absolute Gasteiger partial charge is 0.316 e. The van der Waals surface area contributed by atoms with Gasteiger partial charge in [0.05, 0.1) is 0 Å². The van der Waals surface area contributed by atoms with Crippen LogP contribution >= 0.6 is 11.6 Å². The van der Waals surface area contributed by atoms with Crippen LogP contribution in [0.25, 0.3) is 6.08 Å². The molecule has 0 saturated heterocycles. The minimum absolute atomic E-state index is 0.719. The van der Waals surface area contributed by atoms with E-state index in [1.165, 1.54) is 0 Å². The predicted octanol–water partition coefficient (Wildman–Crippen LogP) is 3.99. The topological polar surface area (TPSA) is 12.0 Å². The van der Waals surface area contributed by atoms with Crippen molar-refractivity contribution in [2.24, 2.45) is 5.92 Å². The maximum atomic E-state index is 5.90. The summed E-state index contributed by atoms with van der Waals surface area (Å²) in [7, 11) is 0. The molecule has 0 saturated carbocycles. The van der Waals surface area contributed by atoms with Crippen molar-refractivity contribution in [3.63, 3.8) is 0 Å². The molecule has 0 spiro atoms. The second kappa shape index (κ2) is 7.48. The van der Waals surface area contributed by atoms with Gasteiger partial charge in [0, 0.05) is 5.02 Å². The summed E-state index contributed by atoms with van der Waals surface area (Å²) >= 11 is 5.90. The molecule has 0 aliphatic rings. The molecule has 0 radical (unpaired) electrons. The van der Waals surface area contributed by atoms with Crippen molar-refractivity contribution in [3.8, 4) is 0 Å². The number of hydrogen-bond acceptors (Lipinski definition) is 1. The SMILES string of the molecule is CC(C)CNCCC=Cc1cccc(Cl)c1. The Morgan fingerprint density at radius 3 is 2.88 bits per heavy atom. The summed E-state index contributed by atoms with van der Waals surface area (Å²) in [5, 5.41) is 4.20. The molecule has 1 aromatic rings. The molecule has 1 aromatic carbocycles. The van der Waals surface area contributed by atoms with Crippen molar-refractivity contribution < 1.29 is 0 Å². The maximum Gasteiger partial charge on any atom is 0.0411 e. The normalized spacial score (nSPS) is 11.5.